The molecule has 366 valence electrons. The number of hydrogen-bond donors (Lipinski definition) is 4. The van der Waals surface area contributed by atoms with Gasteiger partial charge in [-0.05, 0) is 47.5 Å². The molecule has 0 spiro atoms. The molecule has 4 aromatic carbocycles. The van der Waals surface area contributed by atoms with E-state index in [1.54, 1.807) is 0 Å². The van der Waals surface area contributed by atoms with Gasteiger partial charge in [0, 0.05) is 40.8 Å². The van der Waals surface area contributed by atoms with Crippen LogP contribution in [-0.4, -0.2) is 155 Å². The molecule has 22 nitrogen and oxygen atoms in total. The number of sulfonamides is 2. The summed E-state index contributed by atoms with van der Waals surface area (Å²) >= 11 is 0. The van der Waals surface area contributed by atoms with E-state index in [1.165, 1.54) is 109 Å². The molecular formula is C46H44N6O16S2. The summed E-state index contributed by atoms with van der Waals surface area (Å²) in [6, 6.07) is 24.8. The minimum absolute atomic E-state index is 0.111. The number of piperazine rings is 2. The predicted octanol–water partition coefficient (Wildman–Crippen LogP) is -0.778. The van der Waals surface area contributed by atoms with Gasteiger partial charge in [0.2, 0.25) is 11.4 Å². The van der Waals surface area contributed by atoms with E-state index < -0.39 is 138 Å². The molecule has 0 unspecified atom stereocenters. The number of fused-ring (bicyclic) bond motifs is 11. The fraction of sp³-hybridized carbons (Fsp3) is 0.348. The first-order chi connectivity index (χ1) is 32.8. The molecule has 8 atom stereocenters. The Kier molecular flexibility index (Phi) is 9.87. The molecule has 4 fully saturated rings. The van der Waals surface area contributed by atoms with Gasteiger partial charge in [-0.2, -0.15) is 0 Å². The van der Waals surface area contributed by atoms with Crippen LogP contribution < -0.4 is 8.61 Å². The fourth-order valence-electron chi connectivity index (χ4n) is 11.8. The fourth-order valence-corrected chi connectivity index (χ4v) is 15.1. The van der Waals surface area contributed by atoms with E-state index in [0.29, 0.717) is 19.6 Å². The van der Waals surface area contributed by atoms with E-state index in [0.717, 1.165) is 36.6 Å². The number of para-hydroxylation sites is 2. The molecule has 6 aliphatic heterocycles. The van der Waals surface area contributed by atoms with Crippen LogP contribution in [0.15, 0.2) is 119 Å². The Morgan fingerprint density at radius 3 is 1.17 bits per heavy atom. The largest absolute Gasteiger partial charge is 0.460 e. The van der Waals surface area contributed by atoms with Crippen molar-refractivity contribution in [2.75, 3.05) is 35.9 Å². The van der Waals surface area contributed by atoms with Crippen LogP contribution in [0.25, 0.3) is 0 Å². The van der Waals surface area contributed by atoms with Crippen molar-refractivity contribution in [2.45, 2.75) is 82.5 Å². The number of ether oxygens (including phenoxy) is 2. The number of anilines is 2. The Morgan fingerprint density at radius 1 is 0.529 bits per heavy atom. The molecule has 0 aliphatic carbocycles. The molecule has 6 aliphatic rings. The normalized spacial score (nSPS) is 32.1. The molecule has 4 aromatic rings. The van der Waals surface area contributed by atoms with Crippen LogP contribution in [0.4, 0.5) is 11.4 Å². The van der Waals surface area contributed by atoms with Crippen molar-refractivity contribution in [3.8, 4) is 0 Å². The topological polar surface area (TPSA) is 290 Å². The van der Waals surface area contributed by atoms with E-state index in [4.69, 9.17) is 9.47 Å². The number of esters is 2. The lowest BCUT2D eigenvalue weighted by molar-refractivity contribution is -0.234. The van der Waals surface area contributed by atoms with Gasteiger partial charge in [0.25, 0.3) is 55.1 Å². The summed E-state index contributed by atoms with van der Waals surface area (Å²) in [5.74, 6) is -8.03. The van der Waals surface area contributed by atoms with Gasteiger partial charge in [0.1, 0.15) is 25.5 Å². The summed E-state index contributed by atoms with van der Waals surface area (Å²) in [4.78, 5) is 86.8. The van der Waals surface area contributed by atoms with Crippen molar-refractivity contribution in [2.24, 2.45) is 0 Å². The van der Waals surface area contributed by atoms with Gasteiger partial charge >= 0.3 is 11.9 Å². The van der Waals surface area contributed by atoms with Gasteiger partial charge in [-0.3, -0.25) is 38.6 Å². The Hall–Kier alpha value is -6.96. The highest BCUT2D eigenvalue weighted by atomic mass is 32.2. The maximum atomic E-state index is 15.6. The number of benzene rings is 4. The van der Waals surface area contributed by atoms with Crippen molar-refractivity contribution >= 4 is 67.0 Å². The molecular weight excluding hydrogens is 957 g/mol. The lowest BCUT2D eigenvalue weighted by atomic mass is 9.53. The maximum Gasteiger partial charge on any atom is 0.302 e. The van der Waals surface area contributed by atoms with Crippen LogP contribution >= 0.6 is 0 Å². The van der Waals surface area contributed by atoms with Gasteiger partial charge < -0.3 is 39.7 Å². The van der Waals surface area contributed by atoms with Gasteiger partial charge in [-0.1, -0.05) is 72.8 Å². The lowest BCUT2D eigenvalue weighted by Crippen LogP contribution is -2.78. The zero-order valence-electron chi connectivity index (χ0n) is 37.6. The highest BCUT2D eigenvalue weighted by Crippen LogP contribution is 2.74. The van der Waals surface area contributed by atoms with Crippen LogP contribution in [0.1, 0.15) is 37.8 Å². The SMILES string of the molecule is CC(=O)OC[C@@]1(O)C(=O)N2[C@H]3N(S(=O)(=O)c4ccccc4)c4ccccc4[C@@]3([C@]34C[C@@]5(O)C(=O)N(C)[C@@](O)(COC(C)=O)C(=O)N5[C@H]3N(S(=O)(=O)c3ccccc3)c3ccccc34)C[C@@]2(O)C(=O)N1C. The number of rotatable bonds is 9. The summed E-state index contributed by atoms with van der Waals surface area (Å²) in [6.45, 7) is -0.540. The highest BCUT2D eigenvalue weighted by molar-refractivity contribution is 7.93. The molecule has 6 heterocycles. The number of likely N-dealkylation sites (N-methyl/N-ethyl adjacent to an activating group) is 2. The first-order valence-corrected chi connectivity index (χ1v) is 24.5. The van der Waals surface area contributed by atoms with E-state index in [2.05, 4.69) is 0 Å². The summed E-state index contributed by atoms with van der Waals surface area (Å²) in [6.07, 6.45) is -6.80. The average molecular weight is 1000 g/mol. The van der Waals surface area contributed by atoms with Crippen LogP contribution in [0.3, 0.4) is 0 Å². The van der Waals surface area contributed by atoms with Crippen LogP contribution in [-0.2, 0) is 69.1 Å². The standard InChI is InChI=1S/C46H44N6O16S2/c1-27(53)67-25-45(61)39(57)49-35-41(23-43(49,59)37(55)47(45)3,31-19-11-13-21-33(31)51(35)69(63,64)29-15-7-5-8-16-29)42-24-44(60)38(56)48(4)46(62,26-68-28(2)54)40(58)50(44)36(42)52(34-22-14-12-20-32(34)42)70(65,66)30-17-9-6-10-18-30/h5-22,35-36,59-62H,23-26H2,1-4H3/t35-,36-,41-,42-,43+,44+,45+,46+/m0/s1. The number of aliphatic hydroxyl groups is 4. The Morgan fingerprint density at radius 2 is 0.843 bits per heavy atom. The maximum absolute atomic E-state index is 15.6. The molecule has 24 heteroatoms. The highest BCUT2D eigenvalue weighted by Gasteiger charge is 2.88. The number of carbonyl (C=O) groups is 6. The number of hydrogen-bond acceptors (Lipinski definition) is 16. The average Bonchev–Trinajstić information content (AvgIpc) is 3.99. The van der Waals surface area contributed by atoms with Crippen LogP contribution in [0.5, 0.6) is 0 Å². The smallest absolute Gasteiger partial charge is 0.302 e. The van der Waals surface area contributed by atoms with Crippen molar-refractivity contribution in [1.82, 2.24) is 19.6 Å². The zero-order valence-corrected chi connectivity index (χ0v) is 39.2. The molecule has 0 saturated carbocycles. The summed E-state index contributed by atoms with van der Waals surface area (Å²) < 4.78 is 74.2. The molecule has 4 N–H and O–H groups in total. The van der Waals surface area contributed by atoms with Crippen molar-refractivity contribution in [1.29, 1.82) is 0 Å². The lowest BCUT2D eigenvalue weighted by Gasteiger charge is -2.52. The van der Waals surface area contributed by atoms with E-state index in [1.807, 2.05) is 0 Å². The second-order valence-corrected chi connectivity index (χ2v) is 21.8. The Bertz CT molecular complexity index is 3010. The van der Waals surface area contributed by atoms with Crippen molar-refractivity contribution in [3.05, 3.63) is 120 Å². The van der Waals surface area contributed by atoms with E-state index >= 15 is 36.0 Å². The summed E-state index contributed by atoms with van der Waals surface area (Å²) in [7, 11) is -8.28. The molecule has 0 bridgehead atoms. The molecule has 0 aromatic heterocycles. The van der Waals surface area contributed by atoms with Gasteiger partial charge in [0.05, 0.1) is 32.0 Å². The minimum Gasteiger partial charge on any atom is -0.460 e. The molecule has 0 radical (unpaired) electrons. The Balaban J connectivity index is 1.37. The first kappa shape index (κ1) is 46.8. The Labute approximate surface area is 399 Å². The van der Waals surface area contributed by atoms with Crippen LogP contribution in [0.2, 0.25) is 0 Å². The van der Waals surface area contributed by atoms with Gasteiger partial charge in [-0.25, -0.2) is 25.4 Å². The van der Waals surface area contributed by atoms with Gasteiger partial charge in [-0.15, -0.1) is 0 Å². The summed E-state index contributed by atoms with van der Waals surface area (Å²) in [5, 5.41) is 51.3. The van der Waals surface area contributed by atoms with E-state index in [9.17, 15) is 30.0 Å². The number of carbonyl (C=O) groups excluding carboxylic acids is 6. The van der Waals surface area contributed by atoms with Gasteiger partial charge in [0.15, 0.2) is 0 Å². The summed E-state index contributed by atoms with van der Waals surface area (Å²) in [5.41, 5.74) is -18.4. The third-order valence-corrected chi connectivity index (χ3v) is 18.3. The quantitative estimate of drug-likeness (QED) is 0.150. The van der Waals surface area contributed by atoms with Crippen molar-refractivity contribution < 1.29 is 75.5 Å². The zero-order chi connectivity index (χ0) is 50.5. The predicted molar refractivity (Wildman–Crippen MR) is 238 cm³/mol. The monoisotopic (exact) mass is 1000 g/mol. The molecule has 10 rings (SSSR count). The van der Waals surface area contributed by atoms with Crippen molar-refractivity contribution in [3.63, 3.8) is 0 Å². The third kappa shape index (κ3) is 5.50. The number of nitrogens with zero attached hydrogens (tertiary/aromatic N) is 6. The molecule has 70 heavy (non-hydrogen) atoms. The second kappa shape index (κ2) is 14.8. The molecule has 4 amide bonds. The molecule has 4 saturated heterocycles. The number of amides is 4. The van der Waals surface area contributed by atoms with Crippen LogP contribution in [0, 0.1) is 0 Å². The second-order valence-electron chi connectivity index (χ2n) is 18.2. The van der Waals surface area contributed by atoms with E-state index in [-0.39, 0.29) is 22.5 Å². The minimum atomic E-state index is -5.07. The third-order valence-electron chi connectivity index (χ3n) is 14.8. The first-order valence-electron chi connectivity index (χ1n) is 21.6.